The highest BCUT2D eigenvalue weighted by atomic mass is 16.5. The third kappa shape index (κ3) is 3.62. The van der Waals surface area contributed by atoms with Crippen molar-refractivity contribution >= 4 is 5.91 Å². The topological polar surface area (TPSA) is 73.1 Å². The van der Waals surface area contributed by atoms with E-state index in [-0.39, 0.29) is 11.9 Å². The summed E-state index contributed by atoms with van der Waals surface area (Å²) in [6, 6.07) is 13.7. The third-order valence-corrected chi connectivity index (χ3v) is 4.35. The summed E-state index contributed by atoms with van der Waals surface area (Å²) in [4.78, 5) is 18.1. The fraction of sp³-hybridized carbons (Fsp3) is 0.263. The molecule has 1 aliphatic heterocycles. The molecule has 7 nitrogen and oxygen atoms in total. The SMILES string of the molecule is O=C(c1cccnc1)N1CC(n2cc(COCc3ccccc3)nn2)C1. The van der Waals surface area contributed by atoms with Crippen molar-refractivity contribution < 1.29 is 9.53 Å². The lowest BCUT2D eigenvalue weighted by Crippen LogP contribution is -2.50. The minimum Gasteiger partial charge on any atom is -0.370 e. The second kappa shape index (κ2) is 7.45. The first kappa shape index (κ1) is 16.4. The molecule has 0 saturated carbocycles. The van der Waals surface area contributed by atoms with Crippen LogP contribution in [0, 0.1) is 0 Å². The number of pyridine rings is 1. The van der Waals surface area contributed by atoms with E-state index in [1.54, 1.807) is 29.4 Å². The molecule has 1 saturated heterocycles. The molecule has 0 unspecified atom stereocenters. The van der Waals surface area contributed by atoms with E-state index in [1.165, 1.54) is 0 Å². The van der Waals surface area contributed by atoms with Crippen LogP contribution in [0.4, 0.5) is 0 Å². The predicted molar refractivity (Wildman–Crippen MR) is 94.1 cm³/mol. The Labute approximate surface area is 151 Å². The number of hydrogen-bond acceptors (Lipinski definition) is 5. The van der Waals surface area contributed by atoms with E-state index in [9.17, 15) is 4.79 Å². The minimum absolute atomic E-state index is 0.000818. The molecule has 0 radical (unpaired) electrons. The molecular weight excluding hydrogens is 330 g/mol. The first-order chi connectivity index (χ1) is 12.8. The van der Waals surface area contributed by atoms with Crippen LogP contribution >= 0.6 is 0 Å². The molecule has 7 heteroatoms. The quantitative estimate of drug-likeness (QED) is 0.681. The summed E-state index contributed by atoms with van der Waals surface area (Å²) in [6.45, 7) is 2.22. The summed E-state index contributed by atoms with van der Waals surface area (Å²) in [5.41, 5.74) is 2.53. The maximum atomic E-state index is 12.3. The normalized spacial score (nSPS) is 14.2. The summed E-state index contributed by atoms with van der Waals surface area (Å²) in [5, 5.41) is 8.32. The van der Waals surface area contributed by atoms with Crippen molar-refractivity contribution in [1.82, 2.24) is 24.9 Å². The summed E-state index contributed by atoms with van der Waals surface area (Å²) in [5.74, 6) is 0.000818. The molecule has 1 aromatic carbocycles. The van der Waals surface area contributed by atoms with Crippen molar-refractivity contribution in [3.63, 3.8) is 0 Å². The number of likely N-dealkylation sites (tertiary alicyclic amines) is 1. The molecule has 0 atom stereocenters. The van der Waals surface area contributed by atoms with Crippen molar-refractivity contribution in [2.24, 2.45) is 0 Å². The Morgan fingerprint density at radius 2 is 1.96 bits per heavy atom. The van der Waals surface area contributed by atoms with E-state index in [1.807, 2.05) is 41.2 Å². The minimum atomic E-state index is 0.000818. The van der Waals surface area contributed by atoms with Gasteiger partial charge in [0.05, 0.1) is 31.0 Å². The van der Waals surface area contributed by atoms with Gasteiger partial charge in [-0.2, -0.15) is 0 Å². The van der Waals surface area contributed by atoms with E-state index in [4.69, 9.17) is 4.74 Å². The number of amides is 1. The van der Waals surface area contributed by atoms with Gasteiger partial charge in [0.15, 0.2) is 0 Å². The van der Waals surface area contributed by atoms with Gasteiger partial charge < -0.3 is 9.64 Å². The smallest absolute Gasteiger partial charge is 0.255 e. The number of benzene rings is 1. The Hall–Kier alpha value is -3.06. The summed E-state index contributed by atoms with van der Waals surface area (Å²) in [6.07, 6.45) is 5.14. The van der Waals surface area contributed by atoms with Crippen LogP contribution < -0.4 is 0 Å². The zero-order chi connectivity index (χ0) is 17.8. The maximum absolute atomic E-state index is 12.3. The van der Waals surface area contributed by atoms with E-state index in [0.717, 1.165) is 11.3 Å². The standard InChI is InChI=1S/C19H19N5O2/c25-19(16-7-4-8-20-9-16)23-11-18(12-23)24-10-17(21-22-24)14-26-13-15-5-2-1-3-6-15/h1-10,18H,11-14H2. The van der Waals surface area contributed by atoms with Gasteiger partial charge in [-0.1, -0.05) is 35.5 Å². The largest absolute Gasteiger partial charge is 0.370 e. The molecule has 4 rings (SSSR count). The molecule has 3 aromatic rings. The Morgan fingerprint density at radius 1 is 1.12 bits per heavy atom. The lowest BCUT2D eigenvalue weighted by atomic mass is 10.1. The molecule has 1 fully saturated rings. The average Bonchev–Trinajstić information content (AvgIpc) is 3.10. The Morgan fingerprint density at radius 3 is 2.73 bits per heavy atom. The van der Waals surface area contributed by atoms with Gasteiger partial charge >= 0.3 is 0 Å². The van der Waals surface area contributed by atoms with Crippen LogP contribution in [0.1, 0.15) is 27.7 Å². The highest BCUT2D eigenvalue weighted by molar-refractivity contribution is 5.94. The lowest BCUT2D eigenvalue weighted by molar-refractivity contribution is 0.0497. The molecule has 0 bridgehead atoms. The Kier molecular flexibility index (Phi) is 4.70. The predicted octanol–water partition coefficient (Wildman–Crippen LogP) is 2.09. The molecule has 1 amide bonds. The molecule has 132 valence electrons. The summed E-state index contributed by atoms with van der Waals surface area (Å²) < 4.78 is 7.49. The second-order valence-electron chi connectivity index (χ2n) is 6.27. The fourth-order valence-electron chi connectivity index (χ4n) is 2.87. The van der Waals surface area contributed by atoms with Gasteiger partial charge in [0.2, 0.25) is 0 Å². The number of nitrogens with zero attached hydrogens (tertiary/aromatic N) is 5. The van der Waals surface area contributed by atoms with Gasteiger partial charge in [0.1, 0.15) is 5.69 Å². The molecule has 26 heavy (non-hydrogen) atoms. The third-order valence-electron chi connectivity index (χ3n) is 4.35. The van der Waals surface area contributed by atoms with Crippen molar-refractivity contribution in [2.45, 2.75) is 19.3 Å². The summed E-state index contributed by atoms with van der Waals surface area (Å²) in [7, 11) is 0. The number of rotatable bonds is 6. The van der Waals surface area contributed by atoms with Crippen LogP contribution in [0.5, 0.6) is 0 Å². The molecule has 0 aliphatic carbocycles. The number of ether oxygens (including phenoxy) is 1. The molecule has 1 aliphatic rings. The van der Waals surface area contributed by atoms with Crippen molar-refractivity contribution in [3.8, 4) is 0 Å². The number of carbonyl (C=O) groups excluding carboxylic acids is 1. The van der Waals surface area contributed by atoms with Crippen LogP contribution in [-0.2, 0) is 18.0 Å². The first-order valence-electron chi connectivity index (χ1n) is 8.51. The molecule has 0 N–H and O–H groups in total. The highest BCUT2D eigenvalue weighted by Crippen LogP contribution is 2.22. The van der Waals surface area contributed by atoms with Gasteiger partial charge in [-0.15, -0.1) is 5.10 Å². The van der Waals surface area contributed by atoms with Gasteiger partial charge in [0, 0.05) is 25.5 Å². The van der Waals surface area contributed by atoms with Crippen LogP contribution in [0.15, 0.2) is 61.1 Å². The molecule has 3 heterocycles. The highest BCUT2D eigenvalue weighted by Gasteiger charge is 2.33. The van der Waals surface area contributed by atoms with Gasteiger partial charge in [0.25, 0.3) is 5.91 Å². The zero-order valence-corrected chi connectivity index (χ0v) is 14.2. The van der Waals surface area contributed by atoms with Crippen molar-refractivity contribution in [3.05, 3.63) is 77.9 Å². The van der Waals surface area contributed by atoms with Crippen molar-refractivity contribution in [1.29, 1.82) is 0 Å². The van der Waals surface area contributed by atoms with E-state index < -0.39 is 0 Å². The van der Waals surface area contributed by atoms with E-state index >= 15 is 0 Å². The number of hydrogen-bond donors (Lipinski definition) is 0. The number of carbonyl (C=O) groups is 1. The van der Waals surface area contributed by atoms with E-state index in [2.05, 4.69) is 15.3 Å². The second-order valence-corrected chi connectivity index (χ2v) is 6.27. The zero-order valence-electron chi connectivity index (χ0n) is 14.2. The van der Waals surface area contributed by atoms with Crippen LogP contribution in [0.2, 0.25) is 0 Å². The van der Waals surface area contributed by atoms with E-state index in [0.29, 0.717) is 31.9 Å². The first-order valence-corrected chi connectivity index (χ1v) is 8.51. The van der Waals surface area contributed by atoms with Crippen LogP contribution in [0.3, 0.4) is 0 Å². The molecule has 0 spiro atoms. The monoisotopic (exact) mass is 349 g/mol. The summed E-state index contributed by atoms with van der Waals surface area (Å²) >= 11 is 0. The van der Waals surface area contributed by atoms with Gasteiger partial charge in [-0.25, -0.2) is 4.68 Å². The Balaban J connectivity index is 1.26. The van der Waals surface area contributed by atoms with Crippen LogP contribution in [-0.4, -0.2) is 43.9 Å². The fourth-order valence-corrected chi connectivity index (χ4v) is 2.87. The Bertz CT molecular complexity index is 860. The lowest BCUT2D eigenvalue weighted by Gasteiger charge is -2.38. The average molecular weight is 349 g/mol. The maximum Gasteiger partial charge on any atom is 0.255 e. The van der Waals surface area contributed by atoms with Crippen molar-refractivity contribution in [2.75, 3.05) is 13.1 Å². The molecule has 2 aromatic heterocycles. The van der Waals surface area contributed by atoms with Crippen LogP contribution in [0.25, 0.3) is 0 Å². The van der Waals surface area contributed by atoms with Gasteiger partial charge in [-0.3, -0.25) is 9.78 Å². The van der Waals surface area contributed by atoms with Gasteiger partial charge in [-0.05, 0) is 17.7 Å². The number of aromatic nitrogens is 4. The molecular formula is C19H19N5O2.